The molecule has 6 nitrogen and oxygen atoms in total. The monoisotopic (exact) mass is 367 g/mol. The van der Waals surface area contributed by atoms with Gasteiger partial charge in [-0.2, -0.15) is 0 Å². The lowest BCUT2D eigenvalue weighted by Crippen LogP contribution is -2.33. The second kappa shape index (κ2) is 7.27. The fourth-order valence-electron chi connectivity index (χ4n) is 2.77. The number of nitrogens with one attached hydrogen (secondary N) is 1. The van der Waals surface area contributed by atoms with Gasteiger partial charge in [0, 0.05) is 6.20 Å². The molecule has 1 aliphatic heterocycles. The second-order valence-electron chi connectivity index (χ2n) is 5.72. The van der Waals surface area contributed by atoms with Crippen LogP contribution in [0.5, 0.6) is 17.2 Å². The van der Waals surface area contributed by atoms with Gasteiger partial charge in [-0.3, -0.25) is 4.79 Å². The zero-order chi connectivity index (χ0) is 18.8. The number of carbonyl (C=O) groups is 1. The van der Waals surface area contributed by atoms with Crippen LogP contribution in [-0.2, 0) is 4.74 Å². The number of ketones is 1. The predicted molar refractivity (Wildman–Crippen MR) is 95.4 cm³/mol. The Labute approximate surface area is 152 Å². The third-order valence-corrected chi connectivity index (χ3v) is 4.70. The number of rotatable bonds is 6. The number of hydrogen-bond acceptors (Lipinski definition) is 6. The summed E-state index contributed by atoms with van der Waals surface area (Å²) in [6.07, 6.45) is 3.19. The quantitative estimate of drug-likeness (QED) is 0.777. The minimum absolute atomic E-state index is 0.236. The van der Waals surface area contributed by atoms with E-state index in [9.17, 15) is 4.79 Å². The van der Waals surface area contributed by atoms with Crippen LogP contribution in [0.15, 0.2) is 29.3 Å². The molecule has 1 aromatic carbocycles. The van der Waals surface area contributed by atoms with Crippen molar-refractivity contribution in [1.82, 2.24) is 5.32 Å². The first-order chi connectivity index (χ1) is 11.8. The maximum absolute atomic E-state index is 13.4. The first-order valence-corrected chi connectivity index (χ1v) is 7.95. The largest absolute Gasteiger partial charge is 0.493 e. The van der Waals surface area contributed by atoms with Crippen molar-refractivity contribution >= 4 is 17.4 Å². The molecule has 0 radical (unpaired) electrons. The van der Waals surface area contributed by atoms with Crippen LogP contribution >= 0.6 is 11.6 Å². The summed E-state index contributed by atoms with van der Waals surface area (Å²) in [5.74, 6) is 1.35. The molecule has 0 saturated carbocycles. The fourth-order valence-corrected chi connectivity index (χ4v) is 2.96. The van der Waals surface area contributed by atoms with E-state index in [0.29, 0.717) is 39.3 Å². The molecule has 1 unspecified atom stereocenters. The first-order valence-electron chi connectivity index (χ1n) is 7.57. The molecular weight excluding hydrogens is 346 g/mol. The van der Waals surface area contributed by atoms with E-state index in [-0.39, 0.29) is 5.78 Å². The normalized spacial score (nSPS) is 19.3. The maximum Gasteiger partial charge on any atom is 0.204 e. The van der Waals surface area contributed by atoms with Crippen LogP contribution in [0.2, 0.25) is 0 Å². The number of ether oxygens (including phenoxy) is 4. The number of hydrogen-bond donors (Lipinski definition) is 1. The Morgan fingerprint density at radius 2 is 1.72 bits per heavy atom. The summed E-state index contributed by atoms with van der Waals surface area (Å²) in [4.78, 5) is 13.4. The number of benzene rings is 1. The molecule has 1 aliphatic rings. The summed E-state index contributed by atoms with van der Waals surface area (Å²) >= 11 is 6.35. The zero-order valence-corrected chi connectivity index (χ0v) is 15.9. The molecule has 2 rings (SSSR count). The van der Waals surface area contributed by atoms with Crippen LogP contribution in [0.1, 0.15) is 22.8 Å². The SMILES string of the molecule is COC1=CC(C)(C(=O)c2c(C)cc(OC)c(OC)c2OC)C(Cl)=CN1. The number of halogens is 1. The van der Waals surface area contributed by atoms with Crippen LogP contribution < -0.4 is 19.5 Å². The van der Waals surface area contributed by atoms with Gasteiger partial charge in [0.15, 0.2) is 23.2 Å². The van der Waals surface area contributed by atoms with Gasteiger partial charge in [0.1, 0.15) is 0 Å². The average Bonchev–Trinajstić information content (AvgIpc) is 2.62. The predicted octanol–water partition coefficient (Wildman–Crippen LogP) is 3.38. The highest BCUT2D eigenvalue weighted by molar-refractivity contribution is 6.33. The van der Waals surface area contributed by atoms with Crippen LogP contribution in [0.3, 0.4) is 0 Å². The van der Waals surface area contributed by atoms with E-state index in [1.54, 1.807) is 32.2 Å². The molecule has 0 fully saturated rings. The van der Waals surface area contributed by atoms with E-state index >= 15 is 0 Å². The van der Waals surface area contributed by atoms with Crippen LogP contribution in [0.4, 0.5) is 0 Å². The number of allylic oxidation sites excluding steroid dienone is 2. The molecule has 0 bridgehead atoms. The van der Waals surface area contributed by atoms with Crippen molar-refractivity contribution in [2.24, 2.45) is 5.41 Å². The molecule has 1 atom stereocenters. The standard InChI is InChI=1S/C18H22ClNO5/c1-10-7-11(22-3)15(24-5)16(25-6)14(10)17(21)18(2)8-13(23-4)20-9-12(18)19/h7-9,20H,1-6H3. The third-order valence-electron chi connectivity index (χ3n) is 4.20. The highest BCUT2D eigenvalue weighted by Gasteiger charge is 2.41. The van der Waals surface area contributed by atoms with Crippen LogP contribution in [-0.4, -0.2) is 34.2 Å². The summed E-state index contributed by atoms with van der Waals surface area (Å²) in [7, 11) is 6.01. The van der Waals surface area contributed by atoms with Gasteiger partial charge in [-0.05, 0) is 31.6 Å². The summed E-state index contributed by atoms with van der Waals surface area (Å²) in [5, 5.41) is 3.22. The van der Waals surface area contributed by atoms with E-state index < -0.39 is 5.41 Å². The van der Waals surface area contributed by atoms with Gasteiger partial charge < -0.3 is 24.3 Å². The lowest BCUT2D eigenvalue weighted by molar-refractivity contribution is 0.0891. The summed E-state index contributed by atoms with van der Waals surface area (Å²) < 4.78 is 21.4. The Hall–Kier alpha value is -2.34. The van der Waals surface area contributed by atoms with Gasteiger partial charge in [-0.25, -0.2) is 0 Å². The van der Waals surface area contributed by atoms with Gasteiger partial charge in [-0.1, -0.05) is 11.6 Å². The van der Waals surface area contributed by atoms with Crippen molar-refractivity contribution < 1.29 is 23.7 Å². The van der Waals surface area contributed by atoms with E-state index in [2.05, 4.69) is 5.32 Å². The Morgan fingerprint density at radius 3 is 2.24 bits per heavy atom. The lowest BCUT2D eigenvalue weighted by Gasteiger charge is -2.30. The molecular formula is C18H22ClNO5. The number of dihydropyridines is 1. The van der Waals surface area contributed by atoms with Gasteiger partial charge in [0.05, 0.1) is 44.4 Å². The number of methoxy groups -OCH3 is 4. The number of Topliss-reactive ketones (excluding diaryl/α,β-unsaturated/α-hetero) is 1. The Kier molecular flexibility index (Phi) is 5.52. The Bertz CT molecular complexity index is 756. The fraction of sp³-hybridized carbons (Fsp3) is 0.389. The number of aryl methyl sites for hydroxylation is 1. The lowest BCUT2D eigenvalue weighted by atomic mass is 9.79. The smallest absolute Gasteiger partial charge is 0.204 e. The Morgan fingerprint density at radius 1 is 1.08 bits per heavy atom. The second-order valence-corrected chi connectivity index (χ2v) is 6.13. The minimum Gasteiger partial charge on any atom is -0.493 e. The van der Waals surface area contributed by atoms with Gasteiger partial charge >= 0.3 is 0 Å². The van der Waals surface area contributed by atoms with Gasteiger partial charge in [-0.15, -0.1) is 0 Å². The molecule has 0 aromatic heterocycles. The molecule has 0 saturated heterocycles. The van der Waals surface area contributed by atoms with Crippen LogP contribution in [0, 0.1) is 12.3 Å². The van der Waals surface area contributed by atoms with Crippen molar-refractivity contribution in [3.63, 3.8) is 0 Å². The topological polar surface area (TPSA) is 66.0 Å². The van der Waals surface area contributed by atoms with Gasteiger partial charge in [0.25, 0.3) is 0 Å². The zero-order valence-electron chi connectivity index (χ0n) is 15.2. The van der Waals surface area contributed by atoms with Crippen molar-refractivity contribution in [2.45, 2.75) is 13.8 Å². The van der Waals surface area contributed by atoms with E-state index in [1.807, 2.05) is 0 Å². The highest BCUT2D eigenvalue weighted by atomic mass is 35.5. The molecule has 0 amide bonds. The Balaban J connectivity index is 2.69. The first kappa shape index (κ1) is 19.0. The summed E-state index contributed by atoms with van der Waals surface area (Å²) in [6, 6.07) is 1.73. The highest BCUT2D eigenvalue weighted by Crippen LogP contribution is 2.46. The molecule has 1 N–H and O–H groups in total. The average molecular weight is 368 g/mol. The van der Waals surface area contributed by atoms with E-state index in [0.717, 1.165) is 0 Å². The molecule has 0 aliphatic carbocycles. The molecule has 1 heterocycles. The molecule has 0 spiro atoms. The van der Waals surface area contributed by atoms with Crippen molar-refractivity contribution in [2.75, 3.05) is 28.4 Å². The molecule has 1 aromatic rings. The van der Waals surface area contributed by atoms with Crippen molar-refractivity contribution in [3.05, 3.63) is 40.4 Å². The maximum atomic E-state index is 13.4. The summed E-state index contributed by atoms with van der Waals surface area (Å²) in [5.41, 5.74) is -0.0330. The molecule has 136 valence electrons. The molecule has 25 heavy (non-hydrogen) atoms. The molecule has 7 heteroatoms. The third kappa shape index (κ3) is 3.14. The van der Waals surface area contributed by atoms with Crippen molar-refractivity contribution in [1.29, 1.82) is 0 Å². The van der Waals surface area contributed by atoms with Gasteiger partial charge in [0.2, 0.25) is 5.75 Å². The minimum atomic E-state index is -1.10. The van der Waals surface area contributed by atoms with Crippen LogP contribution in [0.25, 0.3) is 0 Å². The number of carbonyl (C=O) groups excluding carboxylic acids is 1. The van der Waals surface area contributed by atoms with Crippen molar-refractivity contribution in [3.8, 4) is 17.2 Å². The van der Waals surface area contributed by atoms with E-state index in [1.165, 1.54) is 28.4 Å². The van der Waals surface area contributed by atoms with E-state index in [4.69, 9.17) is 30.5 Å². The summed E-state index contributed by atoms with van der Waals surface area (Å²) in [6.45, 7) is 3.53.